The maximum atomic E-state index is 11.1. The number of amides is 1. The minimum atomic E-state index is -0.397. The van der Waals surface area contributed by atoms with Crippen molar-refractivity contribution in [1.82, 2.24) is 10.2 Å². The molecule has 1 fully saturated rings. The lowest BCUT2D eigenvalue weighted by Crippen LogP contribution is -2.40. The molecule has 1 atom stereocenters. The largest absolute Gasteiger partial charge is 0.366 e. The Labute approximate surface area is 145 Å². The zero-order valence-corrected chi connectivity index (χ0v) is 15.1. The molecule has 2 rings (SSSR count). The van der Waals surface area contributed by atoms with E-state index in [4.69, 9.17) is 10.7 Å². The highest BCUT2D eigenvalue weighted by atomic mass is 16.1. The van der Waals surface area contributed by atoms with Gasteiger partial charge in [-0.25, -0.2) is 4.99 Å². The number of hydrogen-bond donors (Lipinski definition) is 2. The molecule has 1 aliphatic rings. The number of rotatable bonds is 6. The summed E-state index contributed by atoms with van der Waals surface area (Å²) in [6.07, 6.45) is 2.53. The highest BCUT2D eigenvalue weighted by molar-refractivity contribution is 5.92. The van der Waals surface area contributed by atoms with Gasteiger partial charge in [0, 0.05) is 25.2 Å². The van der Waals surface area contributed by atoms with Crippen molar-refractivity contribution in [2.24, 2.45) is 22.6 Å². The Morgan fingerprint density at radius 1 is 1.38 bits per heavy atom. The van der Waals surface area contributed by atoms with Crippen LogP contribution in [0.2, 0.25) is 0 Å². The number of nitrogens with one attached hydrogen (secondary N) is 1. The van der Waals surface area contributed by atoms with E-state index in [2.05, 4.69) is 31.0 Å². The van der Waals surface area contributed by atoms with Crippen molar-refractivity contribution >= 4 is 11.9 Å². The number of nitrogens with two attached hydrogens (primary N) is 1. The van der Waals surface area contributed by atoms with Crippen molar-refractivity contribution in [2.75, 3.05) is 19.6 Å². The number of hydrogen-bond acceptors (Lipinski definition) is 2. The molecule has 0 aliphatic carbocycles. The van der Waals surface area contributed by atoms with Gasteiger partial charge < -0.3 is 16.0 Å². The molecular weight excluding hydrogens is 300 g/mol. The number of benzene rings is 1. The summed E-state index contributed by atoms with van der Waals surface area (Å²) in [5.74, 6) is 2.11. The molecule has 3 N–H and O–H groups in total. The van der Waals surface area contributed by atoms with Gasteiger partial charge in [0.1, 0.15) is 0 Å². The summed E-state index contributed by atoms with van der Waals surface area (Å²) in [5.41, 5.74) is 6.88. The molecule has 0 bridgehead atoms. The van der Waals surface area contributed by atoms with Crippen molar-refractivity contribution in [3.8, 4) is 0 Å². The van der Waals surface area contributed by atoms with Gasteiger partial charge in [-0.05, 0) is 49.3 Å². The van der Waals surface area contributed by atoms with Gasteiger partial charge in [-0.1, -0.05) is 26.0 Å². The quantitative estimate of drug-likeness (QED) is 0.622. The molecule has 1 aromatic rings. The molecule has 24 heavy (non-hydrogen) atoms. The van der Waals surface area contributed by atoms with E-state index < -0.39 is 5.91 Å². The van der Waals surface area contributed by atoms with E-state index in [0.717, 1.165) is 43.0 Å². The van der Waals surface area contributed by atoms with E-state index in [1.807, 2.05) is 12.1 Å². The number of carbonyl (C=O) groups excluding carboxylic acids is 1. The second-order valence-electron chi connectivity index (χ2n) is 6.96. The monoisotopic (exact) mass is 330 g/mol. The Hall–Kier alpha value is -2.04. The number of likely N-dealkylation sites (tertiary alicyclic amines) is 1. The van der Waals surface area contributed by atoms with E-state index in [0.29, 0.717) is 12.1 Å². The second kappa shape index (κ2) is 8.71. The summed E-state index contributed by atoms with van der Waals surface area (Å²) < 4.78 is 0. The molecule has 0 radical (unpaired) electrons. The average molecular weight is 330 g/mol. The Morgan fingerprint density at radius 3 is 2.67 bits per heavy atom. The highest BCUT2D eigenvalue weighted by Gasteiger charge is 2.25. The van der Waals surface area contributed by atoms with Gasteiger partial charge in [0.05, 0.1) is 6.54 Å². The van der Waals surface area contributed by atoms with Crippen LogP contribution in [0.4, 0.5) is 0 Å². The maximum Gasteiger partial charge on any atom is 0.248 e. The van der Waals surface area contributed by atoms with Gasteiger partial charge in [0.25, 0.3) is 0 Å². The van der Waals surface area contributed by atoms with Crippen LogP contribution in [0, 0.1) is 11.8 Å². The third-order valence-corrected chi connectivity index (χ3v) is 4.37. The Morgan fingerprint density at radius 2 is 2.08 bits per heavy atom. The Balaban J connectivity index is 1.99. The molecule has 0 aromatic heterocycles. The molecule has 5 heteroatoms. The Kier molecular flexibility index (Phi) is 6.64. The first-order chi connectivity index (χ1) is 11.5. The molecule has 1 aromatic carbocycles. The summed E-state index contributed by atoms with van der Waals surface area (Å²) in [5, 5.41) is 3.40. The van der Waals surface area contributed by atoms with Gasteiger partial charge in [0.2, 0.25) is 5.91 Å². The van der Waals surface area contributed by atoms with Crippen molar-refractivity contribution in [3.63, 3.8) is 0 Å². The predicted molar refractivity (Wildman–Crippen MR) is 98.9 cm³/mol. The van der Waals surface area contributed by atoms with Crippen LogP contribution in [0.15, 0.2) is 29.3 Å². The number of guanidine groups is 1. The highest BCUT2D eigenvalue weighted by Crippen LogP contribution is 2.23. The van der Waals surface area contributed by atoms with Crippen LogP contribution in [0.25, 0.3) is 0 Å². The molecule has 1 heterocycles. The first-order valence-electron chi connectivity index (χ1n) is 8.91. The average Bonchev–Trinajstić information content (AvgIpc) is 2.99. The van der Waals surface area contributed by atoms with Gasteiger partial charge in [0.15, 0.2) is 5.96 Å². The number of primary amides is 1. The predicted octanol–water partition coefficient (Wildman–Crippen LogP) is 2.62. The van der Waals surface area contributed by atoms with Crippen LogP contribution < -0.4 is 11.1 Å². The van der Waals surface area contributed by atoms with Gasteiger partial charge in [-0.15, -0.1) is 0 Å². The molecule has 1 aliphatic heterocycles. The van der Waals surface area contributed by atoms with Crippen LogP contribution in [-0.2, 0) is 6.54 Å². The van der Waals surface area contributed by atoms with E-state index in [1.165, 1.54) is 12.8 Å². The van der Waals surface area contributed by atoms with Crippen molar-refractivity contribution in [3.05, 3.63) is 35.4 Å². The minimum Gasteiger partial charge on any atom is -0.366 e. The van der Waals surface area contributed by atoms with Gasteiger partial charge >= 0.3 is 0 Å². The second-order valence-corrected chi connectivity index (χ2v) is 6.96. The molecule has 0 spiro atoms. The first-order valence-corrected chi connectivity index (χ1v) is 8.91. The summed E-state index contributed by atoms with van der Waals surface area (Å²) in [6, 6.07) is 7.35. The number of nitrogens with zero attached hydrogens (tertiary/aromatic N) is 2. The normalized spacial score (nSPS) is 18.2. The zero-order valence-electron chi connectivity index (χ0n) is 15.1. The van der Waals surface area contributed by atoms with Gasteiger partial charge in [-0.2, -0.15) is 0 Å². The summed E-state index contributed by atoms with van der Waals surface area (Å²) in [4.78, 5) is 18.3. The molecule has 1 unspecified atom stereocenters. The van der Waals surface area contributed by atoms with Crippen LogP contribution in [-0.4, -0.2) is 36.4 Å². The summed E-state index contributed by atoms with van der Waals surface area (Å²) >= 11 is 0. The fraction of sp³-hybridized carbons (Fsp3) is 0.579. The fourth-order valence-corrected chi connectivity index (χ4v) is 3.25. The Bertz CT molecular complexity index is 565. The lowest BCUT2D eigenvalue weighted by molar-refractivity contribution is 0.100. The van der Waals surface area contributed by atoms with Crippen LogP contribution >= 0.6 is 0 Å². The van der Waals surface area contributed by atoms with E-state index in [9.17, 15) is 4.79 Å². The molecule has 132 valence electrons. The third kappa shape index (κ3) is 5.25. The van der Waals surface area contributed by atoms with Crippen molar-refractivity contribution < 1.29 is 4.79 Å². The number of aliphatic imine (C=N–C) groups is 1. The summed E-state index contributed by atoms with van der Waals surface area (Å²) in [6.45, 7) is 10.3. The SMILES string of the molecule is CCNC(=NCc1ccc(C(N)=O)cc1)N1CCC(CC(C)C)C1. The topological polar surface area (TPSA) is 70.7 Å². The molecule has 0 saturated carbocycles. The minimum absolute atomic E-state index is 0.397. The zero-order chi connectivity index (χ0) is 17.5. The maximum absolute atomic E-state index is 11.1. The van der Waals surface area contributed by atoms with E-state index >= 15 is 0 Å². The number of carbonyl (C=O) groups is 1. The fourth-order valence-electron chi connectivity index (χ4n) is 3.25. The van der Waals surface area contributed by atoms with E-state index in [1.54, 1.807) is 12.1 Å². The summed E-state index contributed by atoms with van der Waals surface area (Å²) in [7, 11) is 0. The lowest BCUT2D eigenvalue weighted by atomic mass is 9.97. The lowest BCUT2D eigenvalue weighted by Gasteiger charge is -2.22. The van der Waals surface area contributed by atoms with Crippen LogP contribution in [0.1, 0.15) is 49.5 Å². The molecule has 1 saturated heterocycles. The van der Waals surface area contributed by atoms with Crippen molar-refractivity contribution in [2.45, 2.75) is 40.2 Å². The van der Waals surface area contributed by atoms with E-state index in [-0.39, 0.29) is 0 Å². The molecule has 5 nitrogen and oxygen atoms in total. The first kappa shape index (κ1) is 18.3. The van der Waals surface area contributed by atoms with Crippen LogP contribution in [0.3, 0.4) is 0 Å². The third-order valence-electron chi connectivity index (χ3n) is 4.37. The van der Waals surface area contributed by atoms with Gasteiger partial charge in [-0.3, -0.25) is 4.79 Å². The van der Waals surface area contributed by atoms with Crippen LogP contribution in [0.5, 0.6) is 0 Å². The smallest absolute Gasteiger partial charge is 0.248 e. The molecule has 1 amide bonds. The molecular formula is C19H30N4O. The van der Waals surface area contributed by atoms with Crippen molar-refractivity contribution in [1.29, 1.82) is 0 Å². The standard InChI is InChI=1S/C19H30N4O/c1-4-21-19(23-10-9-16(13-23)11-14(2)3)22-12-15-5-7-17(8-6-15)18(20)24/h5-8,14,16H,4,9-13H2,1-3H3,(H2,20,24)(H,21,22).